The topological polar surface area (TPSA) is 15.3 Å². The van der Waals surface area contributed by atoms with Crippen molar-refractivity contribution in [1.29, 1.82) is 0 Å². The molecule has 0 aromatic heterocycles. The number of nitrogens with one attached hydrogen (secondary N) is 1. The first-order valence-corrected chi connectivity index (χ1v) is 7.87. The minimum atomic E-state index is -0.133. The van der Waals surface area contributed by atoms with Crippen LogP contribution >= 0.6 is 0 Å². The minimum absolute atomic E-state index is 0.133. The van der Waals surface area contributed by atoms with Crippen LogP contribution in [0.4, 0.5) is 4.39 Å². The van der Waals surface area contributed by atoms with E-state index in [1.807, 2.05) is 13.0 Å². The third-order valence-corrected chi connectivity index (χ3v) is 4.16. The summed E-state index contributed by atoms with van der Waals surface area (Å²) in [6.07, 6.45) is 3.81. The number of hydrogen-bond donors (Lipinski definition) is 1. The van der Waals surface area contributed by atoms with E-state index < -0.39 is 0 Å². The molecule has 1 aliphatic rings. The van der Waals surface area contributed by atoms with Crippen LogP contribution in [-0.4, -0.2) is 31.1 Å². The zero-order valence-electron chi connectivity index (χ0n) is 12.8. The number of rotatable bonds is 6. The summed E-state index contributed by atoms with van der Waals surface area (Å²) in [6, 6.07) is 5.15. The van der Waals surface area contributed by atoms with Crippen LogP contribution in [0.2, 0.25) is 0 Å². The average Bonchev–Trinajstić information content (AvgIpc) is 2.43. The molecule has 1 fully saturated rings. The lowest BCUT2D eigenvalue weighted by Gasteiger charge is -2.33. The molecule has 0 radical (unpaired) electrons. The molecule has 2 rings (SSSR count). The van der Waals surface area contributed by atoms with Gasteiger partial charge < -0.3 is 5.32 Å². The quantitative estimate of drug-likeness (QED) is 0.803. The number of piperidine rings is 1. The molecule has 1 saturated heterocycles. The molecule has 1 atom stereocenters. The molecule has 3 heteroatoms. The van der Waals surface area contributed by atoms with Crippen molar-refractivity contribution in [2.24, 2.45) is 5.92 Å². The molecule has 0 amide bonds. The molecule has 112 valence electrons. The third kappa shape index (κ3) is 4.57. The molecule has 1 aliphatic heterocycles. The highest BCUT2D eigenvalue weighted by Gasteiger charge is 2.19. The molecule has 1 aromatic rings. The van der Waals surface area contributed by atoms with Crippen molar-refractivity contribution < 1.29 is 4.39 Å². The summed E-state index contributed by atoms with van der Waals surface area (Å²) in [5.74, 6) is 0.627. The number of nitrogens with zero attached hydrogens (tertiary/aromatic N) is 1. The molecule has 1 heterocycles. The number of halogens is 1. The van der Waals surface area contributed by atoms with Gasteiger partial charge in [-0.05, 0) is 75.0 Å². The minimum Gasteiger partial charge on any atom is -0.316 e. The monoisotopic (exact) mass is 278 g/mol. The van der Waals surface area contributed by atoms with Crippen molar-refractivity contribution in [2.45, 2.75) is 39.7 Å². The fourth-order valence-electron chi connectivity index (χ4n) is 3.02. The highest BCUT2D eigenvalue weighted by molar-refractivity contribution is 5.26. The van der Waals surface area contributed by atoms with Gasteiger partial charge in [-0.25, -0.2) is 4.39 Å². The molecule has 1 aromatic carbocycles. The van der Waals surface area contributed by atoms with Gasteiger partial charge in [0.05, 0.1) is 0 Å². The number of hydrogen-bond acceptors (Lipinski definition) is 2. The lowest BCUT2D eigenvalue weighted by molar-refractivity contribution is 0.165. The Morgan fingerprint density at radius 1 is 1.40 bits per heavy atom. The number of likely N-dealkylation sites (tertiary alicyclic amines) is 1. The fraction of sp³-hybridized carbons (Fsp3) is 0.647. The van der Waals surface area contributed by atoms with Gasteiger partial charge in [-0.1, -0.05) is 13.0 Å². The van der Waals surface area contributed by atoms with Gasteiger partial charge in [-0.2, -0.15) is 0 Å². The van der Waals surface area contributed by atoms with Crippen molar-refractivity contribution in [3.63, 3.8) is 0 Å². The molecule has 2 nitrogen and oxygen atoms in total. The average molecular weight is 278 g/mol. The summed E-state index contributed by atoms with van der Waals surface area (Å²) in [6.45, 7) is 9.74. The van der Waals surface area contributed by atoms with E-state index in [9.17, 15) is 4.39 Å². The lowest BCUT2D eigenvalue weighted by atomic mass is 9.97. The first-order valence-electron chi connectivity index (χ1n) is 7.87. The highest BCUT2D eigenvalue weighted by atomic mass is 19.1. The Morgan fingerprint density at radius 3 is 3.00 bits per heavy atom. The van der Waals surface area contributed by atoms with Crippen LogP contribution in [0.15, 0.2) is 18.2 Å². The van der Waals surface area contributed by atoms with Gasteiger partial charge in [-0.3, -0.25) is 4.90 Å². The third-order valence-electron chi connectivity index (χ3n) is 4.16. The summed E-state index contributed by atoms with van der Waals surface area (Å²) in [4.78, 5) is 2.52. The molecule has 1 unspecified atom stereocenters. The summed E-state index contributed by atoms with van der Waals surface area (Å²) in [7, 11) is 0. The number of benzene rings is 1. The molecular formula is C17H27FN2. The summed E-state index contributed by atoms with van der Waals surface area (Å²) in [5, 5.41) is 3.53. The largest absolute Gasteiger partial charge is 0.316 e. The van der Waals surface area contributed by atoms with E-state index in [1.165, 1.54) is 31.4 Å². The predicted octanol–water partition coefficient (Wildman–Crippen LogP) is 3.35. The van der Waals surface area contributed by atoms with Crippen molar-refractivity contribution in [3.05, 3.63) is 35.1 Å². The predicted molar refractivity (Wildman–Crippen MR) is 82.3 cm³/mol. The van der Waals surface area contributed by atoms with E-state index in [0.717, 1.165) is 37.7 Å². The van der Waals surface area contributed by atoms with Crippen LogP contribution in [0.1, 0.15) is 37.3 Å². The summed E-state index contributed by atoms with van der Waals surface area (Å²) < 4.78 is 13.1. The van der Waals surface area contributed by atoms with E-state index in [0.29, 0.717) is 0 Å². The van der Waals surface area contributed by atoms with Gasteiger partial charge in [0, 0.05) is 13.1 Å². The van der Waals surface area contributed by atoms with Gasteiger partial charge >= 0.3 is 0 Å². The van der Waals surface area contributed by atoms with Crippen LogP contribution in [-0.2, 0) is 6.54 Å². The maximum absolute atomic E-state index is 13.1. The van der Waals surface area contributed by atoms with Gasteiger partial charge in [-0.15, -0.1) is 0 Å². The Hall–Kier alpha value is -0.930. The standard InChI is InChI=1S/C17H27FN2/c1-3-8-19-11-15-5-4-9-20(12-15)13-16-6-7-17(18)10-14(16)2/h6-7,10,15,19H,3-5,8-9,11-13H2,1-2H3. The van der Waals surface area contributed by atoms with Crippen LogP contribution in [0.3, 0.4) is 0 Å². The van der Waals surface area contributed by atoms with Crippen molar-refractivity contribution >= 4 is 0 Å². The first kappa shape index (κ1) is 15.5. The SMILES string of the molecule is CCCNCC1CCCN(Cc2ccc(F)cc2C)C1. The van der Waals surface area contributed by atoms with Crippen LogP contribution in [0, 0.1) is 18.7 Å². The van der Waals surface area contributed by atoms with Crippen molar-refractivity contribution in [3.8, 4) is 0 Å². The zero-order chi connectivity index (χ0) is 14.4. The maximum atomic E-state index is 13.1. The highest BCUT2D eigenvalue weighted by Crippen LogP contribution is 2.20. The molecular weight excluding hydrogens is 251 g/mol. The second kappa shape index (κ2) is 7.75. The Labute approximate surface area is 122 Å². The number of aryl methyl sites for hydroxylation is 1. The molecule has 0 bridgehead atoms. The van der Waals surface area contributed by atoms with E-state index in [1.54, 1.807) is 12.1 Å². The zero-order valence-corrected chi connectivity index (χ0v) is 12.8. The molecule has 0 spiro atoms. The second-order valence-electron chi connectivity index (χ2n) is 6.02. The second-order valence-corrected chi connectivity index (χ2v) is 6.02. The van der Waals surface area contributed by atoms with E-state index in [2.05, 4.69) is 17.1 Å². The van der Waals surface area contributed by atoms with Gasteiger partial charge in [0.15, 0.2) is 0 Å². The normalized spacial score (nSPS) is 20.2. The maximum Gasteiger partial charge on any atom is 0.123 e. The first-order chi connectivity index (χ1) is 9.69. The Balaban J connectivity index is 1.86. The van der Waals surface area contributed by atoms with Gasteiger partial charge in [0.1, 0.15) is 5.82 Å². The van der Waals surface area contributed by atoms with Crippen LogP contribution < -0.4 is 5.32 Å². The van der Waals surface area contributed by atoms with Crippen LogP contribution in [0.5, 0.6) is 0 Å². The fourth-order valence-corrected chi connectivity index (χ4v) is 3.02. The summed E-state index contributed by atoms with van der Waals surface area (Å²) >= 11 is 0. The van der Waals surface area contributed by atoms with Gasteiger partial charge in [0.25, 0.3) is 0 Å². The molecule has 0 saturated carbocycles. The Morgan fingerprint density at radius 2 is 2.25 bits per heavy atom. The lowest BCUT2D eigenvalue weighted by Crippen LogP contribution is -2.39. The Kier molecular flexibility index (Phi) is 5.99. The molecule has 0 aliphatic carbocycles. The van der Waals surface area contributed by atoms with E-state index >= 15 is 0 Å². The van der Waals surface area contributed by atoms with E-state index in [4.69, 9.17) is 0 Å². The molecule has 1 N–H and O–H groups in total. The van der Waals surface area contributed by atoms with Crippen molar-refractivity contribution in [2.75, 3.05) is 26.2 Å². The van der Waals surface area contributed by atoms with Crippen LogP contribution in [0.25, 0.3) is 0 Å². The van der Waals surface area contributed by atoms with Crippen molar-refractivity contribution in [1.82, 2.24) is 10.2 Å². The Bertz CT molecular complexity index is 419. The molecule has 20 heavy (non-hydrogen) atoms. The summed E-state index contributed by atoms with van der Waals surface area (Å²) in [5.41, 5.74) is 2.32. The van der Waals surface area contributed by atoms with E-state index in [-0.39, 0.29) is 5.82 Å². The smallest absolute Gasteiger partial charge is 0.123 e. The van der Waals surface area contributed by atoms with Gasteiger partial charge in [0.2, 0.25) is 0 Å².